The molecule has 0 saturated heterocycles. The van der Waals surface area contributed by atoms with Crippen molar-refractivity contribution in [2.45, 2.75) is 32.6 Å². The second-order valence-electron chi connectivity index (χ2n) is 5.88. The summed E-state index contributed by atoms with van der Waals surface area (Å²) in [7, 11) is 1.52. The van der Waals surface area contributed by atoms with Crippen LogP contribution < -0.4 is 15.4 Å². The number of carbonyl (C=O) groups excluding carboxylic acids is 2. The van der Waals surface area contributed by atoms with Crippen LogP contribution in [0.2, 0.25) is 0 Å². The highest BCUT2D eigenvalue weighted by atomic mass is 79.9. The van der Waals surface area contributed by atoms with Crippen molar-refractivity contribution < 1.29 is 14.3 Å². The zero-order chi connectivity index (χ0) is 18.9. The predicted molar refractivity (Wildman–Crippen MR) is 108 cm³/mol. The molecule has 138 valence electrons. The number of hydrogen-bond donors (Lipinski definition) is 2. The lowest BCUT2D eigenvalue weighted by molar-refractivity contribution is -0.116. The Balaban J connectivity index is 2.05. The molecule has 2 rings (SSSR count). The Hall–Kier alpha value is -2.34. The number of ether oxygens (including phenoxy) is 1. The molecule has 0 aromatic heterocycles. The molecule has 6 heteroatoms. The summed E-state index contributed by atoms with van der Waals surface area (Å²) in [6.45, 7) is 2.10. The molecule has 0 heterocycles. The van der Waals surface area contributed by atoms with Gasteiger partial charge in [0.05, 0.1) is 12.7 Å². The maximum atomic E-state index is 12.6. The molecular formula is C20H23BrN2O3. The summed E-state index contributed by atoms with van der Waals surface area (Å²) in [4.78, 5) is 24.5. The molecule has 0 unspecified atom stereocenters. The van der Waals surface area contributed by atoms with Gasteiger partial charge in [-0.05, 0) is 42.8 Å². The van der Waals surface area contributed by atoms with Crippen LogP contribution in [0.1, 0.15) is 43.0 Å². The molecule has 0 fully saturated rings. The summed E-state index contributed by atoms with van der Waals surface area (Å²) in [5.41, 5.74) is 1.68. The zero-order valence-corrected chi connectivity index (χ0v) is 16.6. The van der Waals surface area contributed by atoms with Crippen LogP contribution in [0, 0.1) is 0 Å². The fourth-order valence-corrected chi connectivity index (χ4v) is 2.85. The van der Waals surface area contributed by atoms with Crippen LogP contribution in [0.3, 0.4) is 0 Å². The lowest BCUT2D eigenvalue weighted by Crippen LogP contribution is -2.14. The third kappa shape index (κ3) is 5.88. The van der Waals surface area contributed by atoms with Crippen LogP contribution in [0.4, 0.5) is 11.4 Å². The van der Waals surface area contributed by atoms with E-state index < -0.39 is 0 Å². The van der Waals surface area contributed by atoms with Gasteiger partial charge in [0.15, 0.2) is 0 Å². The van der Waals surface area contributed by atoms with Crippen LogP contribution in [0.15, 0.2) is 46.9 Å². The van der Waals surface area contributed by atoms with Crippen molar-refractivity contribution >= 4 is 39.1 Å². The lowest BCUT2D eigenvalue weighted by atomic mass is 10.1. The number of nitrogens with one attached hydrogen (secondary N) is 2. The fraction of sp³-hybridized carbons (Fsp3) is 0.300. The maximum Gasteiger partial charge on any atom is 0.259 e. The van der Waals surface area contributed by atoms with E-state index in [2.05, 4.69) is 33.5 Å². The standard InChI is InChI=1S/C20H23BrN2O3/c1-3-4-5-9-19(24)22-15-7-6-8-16(13-15)23-20(25)17-12-14(21)10-11-18(17)26-2/h6-8,10-13H,3-5,9H2,1-2H3,(H,22,24)(H,23,25). The minimum Gasteiger partial charge on any atom is -0.496 e. The molecule has 0 spiro atoms. The molecule has 2 N–H and O–H groups in total. The number of carbonyl (C=O) groups is 2. The van der Waals surface area contributed by atoms with Gasteiger partial charge in [-0.2, -0.15) is 0 Å². The number of anilines is 2. The highest BCUT2D eigenvalue weighted by Gasteiger charge is 2.13. The summed E-state index contributed by atoms with van der Waals surface area (Å²) in [5, 5.41) is 5.70. The van der Waals surface area contributed by atoms with Gasteiger partial charge in [0.1, 0.15) is 5.75 Å². The van der Waals surface area contributed by atoms with Crippen LogP contribution in [-0.2, 0) is 4.79 Å². The minimum atomic E-state index is -0.283. The zero-order valence-electron chi connectivity index (χ0n) is 15.0. The van der Waals surface area contributed by atoms with Crippen LogP contribution in [-0.4, -0.2) is 18.9 Å². The Morgan fingerprint density at radius 2 is 1.77 bits per heavy atom. The third-order valence-electron chi connectivity index (χ3n) is 3.82. The molecule has 2 amide bonds. The number of halogens is 1. The third-order valence-corrected chi connectivity index (χ3v) is 4.31. The summed E-state index contributed by atoms with van der Waals surface area (Å²) in [6.07, 6.45) is 3.49. The predicted octanol–water partition coefficient (Wildman–Crippen LogP) is 5.23. The number of benzene rings is 2. The first-order valence-electron chi connectivity index (χ1n) is 8.58. The lowest BCUT2D eigenvalue weighted by Gasteiger charge is -2.11. The van der Waals surface area contributed by atoms with Crippen molar-refractivity contribution in [3.05, 3.63) is 52.5 Å². The number of methoxy groups -OCH3 is 1. The smallest absolute Gasteiger partial charge is 0.259 e. The molecular weight excluding hydrogens is 396 g/mol. The van der Waals surface area contributed by atoms with Gasteiger partial charge in [-0.25, -0.2) is 0 Å². The molecule has 2 aromatic rings. The van der Waals surface area contributed by atoms with Crippen LogP contribution in [0.25, 0.3) is 0 Å². The Morgan fingerprint density at radius 1 is 1.04 bits per heavy atom. The average Bonchev–Trinajstić information content (AvgIpc) is 2.62. The topological polar surface area (TPSA) is 67.4 Å². The molecule has 0 aliphatic carbocycles. The van der Waals surface area contributed by atoms with E-state index >= 15 is 0 Å². The van der Waals surface area contributed by atoms with Gasteiger partial charge >= 0.3 is 0 Å². The first-order valence-corrected chi connectivity index (χ1v) is 9.37. The first kappa shape index (κ1) is 20.0. The monoisotopic (exact) mass is 418 g/mol. The van der Waals surface area contributed by atoms with E-state index in [1.54, 1.807) is 36.4 Å². The van der Waals surface area contributed by atoms with E-state index in [0.29, 0.717) is 29.1 Å². The van der Waals surface area contributed by atoms with Gasteiger partial charge in [0.2, 0.25) is 5.91 Å². The largest absolute Gasteiger partial charge is 0.496 e. The van der Waals surface area contributed by atoms with Crippen LogP contribution >= 0.6 is 15.9 Å². The molecule has 0 saturated carbocycles. The molecule has 0 aliphatic rings. The first-order chi connectivity index (χ1) is 12.5. The fourth-order valence-electron chi connectivity index (χ4n) is 2.49. The van der Waals surface area contributed by atoms with E-state index in [1.807, 2.05) is 6.07 Å². The highest BCUT2D eigenvalue weighted by Crippen LogP contribution is 2.24. The molecule has 0 bridgehead atoms. The van der Waals surface area contributed by atoms with Gasteiger partial charge in [-0.1, -0.05) is 41.8 Å². The van der Waals surface area contributed by atoms with Crippen molar-refractivity contribution in [3.8, 4) is 5.75 Å². The SMILES string of the molecule is CCCCCC(=O)Nc1cccc(NC(=O)c2cc(Br)ccc2OC)c1. The van der Waals surface area contributed by atoms with Gasteiger partial charge in [-0.15, -0.1) is 0 Å². The van der Waals surface area contributed by atoms with Crippen molar-refractivity contribution in [3.63, 3.8) is 0 Å². The van der Waals surface area contributed by atoms with Gasteiger partial charge in [0, 0.05) is 22.3 Å². The summed E-state index contributed by atoms with van der Waals surface area (Å²) in [6, 6.07) is 12.3. The summed E-state index contributed by atoms with van der Waals surface area (Å²) >= 11 is 3.36. The van der Waals surface area contributed by atoms with Crippen molar-refractivity contribution in [2.24, 2.45) is 0 Å². The van der Waals surface area contributed by atoms with E-state index in [9.17, 15) is 9.59 Å². The van der Waals surface area contributed by atoms with E-state index in [1.165, 1.54) is 7.11 Å². The number of amides is 2. The average molecular weight is 419 g/mol. The highest BCUT2D eigenvalue weighted by molar-refractivity contribution is 9.10. The Labute approximate surface area is 162 Å². The van der Waals surface area contributed by atoms with E-state index in [4.69, 9.17) is 4.74 Å². The van der Waals surface area contributed by atoms with Crippen LogP contribution in [0.5, 0.6) is 5.75 Å². The molecule has 26 heavy (non-hydrogen) atoms. The Morgan fingerprint density at radius 3 is 2.46 bits per heavy atom. The molecule has 0 atom stereocenters. The van der Waals surface area contributed by atoms with Gasteiger partial charge in [0.25, 0.3) is 5.91 Å². The Bertz CT molecular complexity index is 777. The summed E-state index contributed by atoms with van der Waals surface area (Å²) < 4.78 is 6.03. The second kappa shape index (κ2) is 9.97. The van der Waals surface area contributed by atoms with E-state index in [-0.39, 0.29) is 11.8 Å². The second-order valence-corrected chi connectivity index (χ2v) is 6.80. The molecule has 0 radical (unpaired) electrons. The molecule has 5 nitrogen and oxygen atoms in total. The van der Waals surface area contributed by atoms with Gasteiger partial charge < -0.3 is 15.4 Å². The molecule has 2 aromatic carbocycles. The summed E-state index contributed by atoms with van der Waals surface area (Å²) in [5.74, 6) is 0.191. The number of rotatable bonds is 8. The quantitative estimate of drug-likeness (QED) is 0.576. The maximum absolute atomic E-state index is 12.6. The molecule has 0 aliphatic heterocycles. The number of hydrogen-bond acceptors (Lipinski definition) is 3. The van der Waals surface area contributed by atoms with Crippen molar-refractivity contribution in [1.29, 1.82) is 0 Å². The van der Waals surface area contributed by atoms with E-state index in [0.717, 1.165) is 23.7 Å². The number of unbranched alkanes of at least 4 members (excludes halogenated alkanes) is 2. The van der Waals surface area contributed by atoms with Crippen molar-refractivity contribution in [2.75, 3.05) is 17.7 Å². The normalized spacial score (nSPS) is 10.3. The minimum absolute atomic E-state index is 0.0180. The van der Waals surface area contributed by atoms with Crippen molar-refractivity contribution in [1.82, 2.24) is 0 Å². The Kier molecular flexibility index (Phi) is 7.66. The van der Waals surface area contributed by atoms with Gasteiger partial charge in [-0.3, -0.25) is 9.59 Å².